The molecular weight excluding hydrogens is 235 g/mol. The molecular formula is C11H20F3NO2. The first-order chi connectivity index (χ1) is 7.97. The highest BCUT2D eigenvalue weighted by Crippen LogP contribution is 2.32. The zero-order valence-electron chi connectivity index (χ0n) is 10.1. The van der Waals surface area contributed by atoms with E-state index >= 15 is 0 Å². The van der Waals surface area contributed by atoms with Crippen LogP contribution < -0.4 is 5.32 Å². The molecule has 0 radical (unpaired) electrons. The molecule has 1 atom stereocenters. The molecule has 1 unspecified atom stereocenters. The van der Waals surface area contributed by atoms with Crippen LogP contribution in [0.1, 0.15) is 19.3 Å². The number of hydrogen-bond acceptors (Lipinski definition) is 3. The molecule has 17 heavy (non-hydrogen) atoms. The van der Waals surface area contributed by atoms with E-state index in [-0.39, 0.29) is 12.0 Å². The van der Waals surface area contributed by atoms with Crippen LogP contribution in [-0.2, 0) is 9.47 Å². The van der Waals surface area contributed by atoms with Gasteiger partial charge in [-0.3, -0.25) is 0 Å². The second-order valence-electron chi connectivity index (χ2n) is 4.60. The lowest BCUT2D eigenvalue weighted by Gasteiger charge is -2.26. The number of hydrogen-bond donors (Lipinski definition) is 1. The summed E-state index contributed by atoms with van der Waals surface area (Å²) in [6, 6.07) is 0. The second-order valence-corrected chi connectivity index (χ2v) is 4.60. The van der Waals surface area contributed by atoms with Crippen molar-refractivity contribution in [2.24, 2.45) is 5.41 Å². The summed E-state index contributed by atoms with van der Waals surface area (Å²) in [7, 11) is 1.88. The summed E-state index contributed by atoms with van der Waals surface area (Å²) in [6.07, 6.45) is -1.78. The van der Waals surface area contributed by atoms with Gasteiger partial charge in [0.25, 0.3) is 0 Å². The van der Waals surface area contributed by atoms with Gasteiger partial charge in [0.1, 0.15) is 6.61 Å². The molecule has 102 valence electrons. The second kappa shape index (κ2) is 6.56. The Morgan fingerprint density at radius 3 is 2.71 bits per heavy atom. The Bertz CT molecular complexity index is 215. The van der Waals surface area contributed by atoms with Crippen molar-refractivity contribution in [2.45, 2.75) is 25.4 Å². The molecule has 1 heterocycles. The Kier molecular flexibility index (Phi) is 5.69. The molecule has 1 rings (SSSR count). The lowest BCUT2D eigenvalue weighted by molar-refractivity contribution is -0.174. The first-order valence-corrected chi connectivity index (χ1v) is 5.84. The average Bonchev–Trinajstić information content (AvgIpc) is 2.65. The molecule has 0 aliphatic carbocycles. The van der Waals surface area contributed by atoms with E-state index in [1.807, 2.05) is 7.05 Å². The Balaban J connectivity index is 2.15. The lowest BCUT2D eigenvalue weighted by atomic mass is 9.82. The molecule has 0 bridgehead atoms. The van der Waals surface area contributed by atoms with Gasteiger partial charge in [-0.15, -0.1) is 0 Å². The Labute approximate surface area is 99.7 Å². The van der Waals surface area contributed by atoms with Crippen molar-refractivity contribution >= 4 is 0 Å². The topological polar surface area (TPSA) is 30.5 Å². The number of alkyl halides is 3. The minimum atomic E-state index is -4.22. The largest absolute Gasteiger partial charge is 0.411 e. The van der Waals surface area contributed by atoms with Crippen LogP contribution in [0.2, 0.25) is 0 Å². The highest BCUT2D eigenvalue weighted by Gasteiger charge is 2.33. The third-order valence-electron chi connectivity index (χ3n) is 3.00. The molecule has 1 aliphatic heterocycles. The molecule has 1 N–H and O–H groups in total. The van der Waals surface area contributed by atoms with E-state index in [1.165, 1.54) is 0 Å². The van der Waals surface area contributed by atoms with E-state index in [0.29, 0.717) is 13.0 Å². The molecule has 3 nitrogen and oxygen atoms in total. The first kappa shape index (κ1) is 14.7. The lowest BCUT2D eigenvalue weighted by Crippen LogP contribution is -2.33. The van der Waals surface area contributed by atoms with Gasteiger partial charge in [-0.1, -0.05) is 0 Å². The van der Waals surface area contributed by atoms with Crippen LogP contribution in [-0.4, -0.2) is 46.2 Å². The van der Waals surface area contributed by atoms with E-state index in [9.17, 15) is 13.2 Å². The third-order valence-corrected chi connectivity index (χ3v) is 3.00. The predicted molar refractivity (Wildman–Crippen MR) is 57.9 cm³/mol. The molecule has 0 spiro atoms. The molecule has 1 saturated heterocycles. The fraction of sp³-hybridized carbons (Fsp3) is 1.00. The molecule has 0 aromatic heterocycles. The monoisotopic (exact) mass is 255 g/mol. The summed E-state index contributed by atoms with van der Waals surface area (Å²) in [5.74, 6) is 0. The zero-order chi connectivity index (χ0) is 12.8. The Morgan fingerprint density at radius 2 is 2.18 bits per heavy atom. The Morgan fingerprint density at radius 1 is 1.41 bits per heavy atom. The zero-order valence-corrected chi connectivity index (χ0v) is 10.1. The maximum atomic E-state index is 11.8. The van der Waals surface area contributed by atoms with E-state index in [0.717, 1.165) is 26.0 Å². The smallest absolute Gasteiger partial charge is 0.381 e. The van der Waals surface area contributed by atoms with Crippen LogP contribution in [0.15, 0.2) is 0 Å². The van der Waals surface area contributed by atoms with Crippen molar-refractivity contribution in [3.63, 3.8) is 0 Å². The van der Waals surface area contributed by atoms with Gasteiger partial charge in [0.15, 0.2) is 0 Å². The standard InChI is InChI=1S/C11H20F3NO2/c1-15-7-10(4-6-17-8-10)3-2-5-16-9-11(12,13)14/h15H,2-9H2,1H3. The van der Waals surface area contributed by atoms with Crippen LogP contribution in [0.3, 0.4) is 0 Å². The van der Waals surface area contributed by atoms with Crippen molar-refractivity contribution in [1.82, 2.24) is 5.32 Å². The van der Waals surface area contributed by atoms with E-state index in [2.05, 4.69) is 10.1 Å². The number of ether oxygens (including phenoxy) is 2. The number of nitrogens with one attached hydrogen (secondary N) is 1. The van der Waals surface area contributed by atoms with Gasteiger partial charge in [-0.05, 0) is 26.3 Å². The minimum Gasteiger partial charge on any atom is -0.381 e. The van der Waals surface area contributed by atoms with Crippen molar-refractivity contribution < 1.29 is 22.6 Å². The van der Waals surface area contributed by atoms with E-state index in [4.69, 9.17) is 4.74 Å². The summed E-state index contributed by atoms with van der Waals surface area (Å²) < 4.78 is 45.4. The third kappa shape index (κ3) is 5.70. The quantitative estimate of drug-likeness (QED) is 0.706. The van der Waals surface area contributed by atoms with Gasteiger partial charge in [-0.25, -0.2) is 0 Å². The SMILES string of the molecule is CNCC1(CCCOCC(F)(F)F)CCOC1. The normalized spacial score (nSPS) is 25.4. The van der Waals surface area contributed by atoms with E-state index < -0.39 is 12.8 Å². The highest BCUT2D eigenvalue weighted by atomic mass is 19.4. The van der Waals surface area contributed by atoms with E-state index in [1.54, 1.807) is 0 Å². The summed E-state index contributed by atoms with van der Waals surface area (Å²) in [5, 5.41) is 3.11. The molecule has 0 aromatic carbocycles. The fourth-order valence-corrected chi connectivity index (χ4v) is 2.19. The molecule has 1 aliphatic rings. The van der Waals surface area contributed by atoms with Crippen molar-refractivity contribution in [2.75, 3.05) is 40.0 Å². The van der Waals surface area contributed by atoms with Crippen LogP contribution in [0.5, 0.6) is 0 Å². The predicted octanol–water partition coefficient (Wildman–Crippen LogP) is 1.97. The van der Waals surface area contributed by atoms with Crippen LogP contribution >= 0.6 is 0 Å². The maximum absolute atomic E-state index is 11.8. The number of rotatable bonds is 7. The van der Waals surface area contributed by atoms with Gasteiger partial charge in [-0.2, -0.15) is 13.2 Å². The molecule has 0 amide bonds. The average molecular weight is 255 g/mol. The van der Waals surface area contributed by atoms with Crippen molar-refractivity contribution in [1.29, 1.82) is 0 Å². The first-order valence-electron chi connectivity index (χ1n) is 5.84. The highest BCUT2D eigenvalue weighted by molar-refractivity contribution is 4.84. The van der Waals surface area contributed by atoms with Crippen LogP contribution in [0.4, 0.5) is 13.2 Å². The van der Waals surface area contributed by atoms with Crippen molar-refractivity contribution in [3.05, 3.63) is 0 Å². The van der Waals surface area contributed by atoms with Crippen LogP contribution in [0, 0.1) is 5.41 Å². The minimum absolute atomic E-state index is 0.0797. The summed E-state index contributed by atoms with van der Waals surface area (Å²) >= 11 is 0. The molecule has 0 aromatic rings. The number of halogens is 3. The van der Waals surface area contributed by atoms with Crippen LogP contribution in [0.25, 0.3) is 0 Å². The summed E-state index contributed by atoms with van der Waals surface area (Å²) in [6.45, 7) is 1.28. The van der Waals surface area contributed by atoms with Crippen molar-refractivity contribution in [3.8, 4) is 0 Å². The molecule has 6 heteroatoms. The summed E-state index contributed by atoms with van der Waals surface area (Å²) in [5.41, 5.74) is 0.0797. The Hall–Kier alpha value is -0.330. The van der Waals surface area contributed by atoms with Gasteiger partial charge in [0, 0.05) is 25.2 Å². The van der Waals surface area contributed by atoms with Gasteiger partial charge in [0.05, 0.1) is 6.61 Å². The van der Waals surface area contributed by atoms with Gasteiger partial charge in [0.2, 0.25) is 0 Å². The summed E-state index contributed by atoms with van der Waals surface area (Å²) in [4.78, 5) is 0. The maximum Gasteiger partial charge on any atom is 0.411 e. The fourth-order valence-electron chi connectivity index (χ4n) is 2.19. The molecule has 1 fully saturated rings. The van der Waals surface area contributed by atoms with Gasteiger partial charge >= 0.3 is 6.18 Å². The molecule has 0 saturated carbocycles. The van der Waals surface area contributed by atoms with Gasteiger partial charge < -0.3 is 14.8 Å².